The van der Waals surface area contributed by atoms with Crippen molar-refractivity contribution in [3.05, 3.63) is 58.9 Å². The van der Waals surface area contributed by atoms with Crippen molar-refractivity contribution >= 4 is 46.5 Å². The second-order valence-corrected chi connectivity index (χ2v) is 6.51. The number of hydrogen-bond acceptors (Lipinski definition) is 4. The molecule has 0 bridgehead atoms. The molecule has 5 nitrogen and oxygen atoms in total. The van der Waals surface area contributed by atoms with Gasteiger partial charge in [0.1, 0.15) is 5.82 Å². The molecule has 0 saturated carbocycles. The van der Waals surface area contributed by atoms with Crippen LogP contribution in [0.2, 0.25) is 5.02 Å². The van der Waals surface area contributed by atoms with E-state index in [4.69, 9.17) is 11.6 Å². The molecule has 0 aliphatic heterocycles. The monoisotopic (exact) mass is 376 g/mol. The number of aromatic nitrogens is 2. The number of fused-ring (bicyclic) bond motifs is 1. The number of carbonyl (C=O) groups excluding carboxylic acids is 1. The predicted molar refractivity (Wildman–Crippen MR) is 98.6 cm³/mol. The van der Waals surface area contributed by atoms with Crippen molar-refractivity contribution in [3.8, 4) is 0 Å². The highest BCUT2D eigenvalue weighted by molar-refractivity contribution is 7.99. The molecule has 1 N–H and O–H groups in total. The van der Waals surface area contributed by atoms with Crippen LogP contribution in [-0.4, -0.2) is 27.4 Å². The number of amides is 1. The number of para-hydroxylation sites is 2. The number of aryl methyl sites for hydroxylation is 1. The van der Waals surface area contributed by atoms with Crippen molar-refractivity contribution in [2.45, 2.75) is 5.16 Å². The third-order valence-electron chi connectivity index (χ3n) is 3.46. The minimum Gasteiger partial charge on any atom is -0.322 e. The summed E-state index contributed by atoms with van der Waals surface area (Å²) in [6.07, 6.45) is 1.19. The van der Waals surface area contributed by atoms with E-state index in [1.165, 1.54) is 30.1 Å². The Hall–Kier alpha value is -2.38. The first-order chi connectivity index (χ1) is 12.1. The number of halogens is 2. The SMILES string of the molecule is Cn1c(SCC(=O)N/N=C/c2c(F)cccc2Cl)nc2ccccc21. The van der Waals surface area contributed by atoms with Crippen molar-refractivity contribution in [1.29, 1.82) is 0 Å². The molecule has 0 fully saturated rings. The Kier molecular flexibility index (Phi) is 5.35. The summed E-state index contributed by atoms with van der Waals surface area (Å²) in [5.74, 6) is -0.681. The molecule has 1 aromatic heterocycles. The number of thioether (sulfide) groups is 1. The number of benzene rings is 2. The molecule has 0 saturated heterocycles. The zero-order valence-electron chi connectivity index (χ0n) is 13.2. The van der Waals surface area contributed by atoms with Crippen molar-refractivity contribution in [2.24, 2.45) is 12.1 Å². The van der Waals surface area contributed by atoms with Crippen molar-refractivity contribution in [2.75, 3.05) is 5.75 Å². The number of rotatable bonds is 5. The third kappa shape index (κ3) is 4.00. The fraction of sp³-hybridized carbons (Fsp3) is 0.118. The lowest BCUT2D eigenvalue weighted by molar-refractivity contribution is -0.118. The van der Waals surface area contributed by atoms with E-state index in [0.717, 1.165) is 16.2 Å². The molecule has 3 rings (SSSR count). The summed E-state index contributed by atoms with van der Waals surface area (Å²) >= 11 is 7.18. The standard InChI is InChI=1S/C17H14ClFN4OS/c1-23-15-8-3-2-7-14(15)21-17(23)25-10-16(24)22-20-9-11-12(18)5-4-6-13(11)19/h2-9H,10H2,1H3,(H,22,24)/b20-9+. The van der Waals surface area contributed by atoms with E-state index in [1.54, 1.807) is 6.07 Å². The summed E-state index contributed by atoms with van der Waals surface area (Å²) in [4.78, 5) is 16.4. The Morgan fingerprint density at radius 1 is 1.36 bits per heavy atom. The average Bonchev–Trinajstić information content (AvgIpc) is 2.92. The highest BCUT2D eigenvalue weighted by atomic mass is 35.5. The minimum absolute atomic E-state index is 0.132. The minimum atomic E-state index is -0.500. The molecule has 8 heteroatoms. The second-order valence-electron chi connectivity index (χ2n) is 5.16. The number of hydrogen-bond donors (Lipinski definition) is 1. The molecule has 0 aliphatic rings. The Bertz CT molecular complexity index is 937. The van der Waals surface area contributed by atoms with E-state index in [9.17, 15) is 9.18 Å². The van der Waals surface area contributed by atoms with Gasteiger partial charge in [-0.05, 0) is 24.3 Å². The quantitative estimate of drug-likeness (QED) is 0.420. The maximum Gasteiger partial charge on any atom is 0.250 e. The Morgan fingerprint density at radius 2 is 2.16 bits per heavy atom. The molecule has 2 aromatic carbocycles. The van der Waals surface area contributed by atoms with Crippen LogP contribution in [0.15, 0.2) is 52.7 Å². The van der Waals surface area contributed by atoms with Crippen LogP contribution in [0, 0.1) is 5.82 Å². The van der Waals surface area contributed by atoms with Gasteiger partial charge in [-0.3, -0.25) is 4.79 Å². The molecule has 1 amide bonds. The molecule has 0 spiro atoms. The summed E-state index contributed by atoms with van der Waals surface area (Å²) in [7, 11) is 1.90. The van der Waals surface area contributed by atoms with E-state index in [-0.39, 0.29) is 22.2 Å². The lowest BCUT2D eigenvalue weighted by atomic mass is 10.2. The first-order valence-corrected chi connectivity index (χ1v) is 8.73. The molecule has 1 heterocycles. The van der Waals surface area contributed by atoms with E-state index >= 15 is 0 Å². The van der Waals surface area contributed by atoms with E-state index in [1.807, 2.05) is 35.9 Å². The zero-order chi connectivity index (χ0) is 17.8. The largest absolute Gasteiger partial charge is 0.322 e. The summed E-state index contributed by atoms with van der Waals surface area (Å²) in [5.41, 5.74) is 4.36. The van der Waals surface area contributed by atoms with Crippen LogP contribution in [0.1, 0.15) is 5.56 Å². The number of hydrazone groups is 1. The summed E-state index contributed by atoms with van der Waals surface area (Å²) in [5, 5.41) is 4.71. The van der Waals surface area contributed by atoms with Crippen LogP contribution in [0.4, 0.5) is 4.39 Å². The van der Waals surface area contributed by atoms with Gasteiger partial charge in [0.05, 0.1) is 28.0 Å². The average molecular weight is 377 g/mol. The van der Waals surface area contributed by atoms with Crippen molar-refractivity contribution < 1.29 is 9.18 Å². The van der Waals surface area contributed by atoms with E-state index in [0.29, 0.717) is 0 Å². The fourth-order valence-electron chi connectivity index (χ4n) is 2.22. The number of carbonyl (C=O) groups is 1. The summed E-state index contributed by atoms with van der Waals surface area (Å²) in [6, 6.07) is 12.1. The molecule has 25 heavy (non-hydrogen) atoms. The first kappa shape index (κ1) is 17.4. The molecular weight excluding hydrogens is 363 g/mol. The maximum atomic E-state index is 13.6. The van der Waals surface area contributed by atoms with Crippen LogP contribution < -0.4 is 5.43 Å². The molecule has 0 radical (unpaired) electrons. The van der Waals surface area contributed by atoms with Gasteiger partial charge in [0.2, 0.25) is 0 Å². The molecule has 0 aliphatic carbocycles. The molecular formula is C17H14ClFN4OS. The molecule has 0 atom stereocenters. The number of imidazole rings is 1. The molecule has 3 aromatic rings. The van der Waals surface area contributed by atoms with Gasteiger partial charge in [-0.1, -0.05) is 41.6 Å². The number of nitrogens with zero attached hydrogens (tertiary/aromatic N) is 3. The summed E-state index contributed by atoms with van der Waals surface area (Å²) in [6.45, 7) is 0. The molecule has 0 unspecified atom stereocenters. The van der Waals surface area contributed by atoms with Crippen molar-refractivity contribution in [3.63, 3.8) is 0 Å². The van der Waals surface area contributed by atoms with Gasteiger partial charge in [-0.25, -0.2) is 14.8 Å². The van der Waals surface area contributed by atoms with Crippen LogP contribution in [0.5, 0.6) is 0 Å². The smallest absolute Gasteiger partial charge is 0.250 e. The summed E-state index contributed by atoms with van der Waals surface area (Å²) < 4.78 is 15.5. The maximum absolute atomic E-state index is 13.6. The second kappa shape index (κ2) is 7.67. The third-order valence-corrected chi connectivity index (χ3v) is 4.82. The van der Waals surface area contributed by atoms with Gasteiger partial charge in [0, 0.05) is 12.6 Å². The Balaban J connectivity index is 1.59. The lowest BCUT2D eigenvalue weighted by Gasteiger charge is -2.02. The Labute approximate surface area is 152 Å². The predicted octanol–water partition coefficient (Wildman–Crippen LogP) is 3.61. The lowest BCUT2D eigenvalue weighted by Crippen LogP contribution is -2.20. The van der Waals surface area contributed by atoms with Gasteiger partial charge in [0.15, 0.2) is 5.16 Å². The highest BCUT2D eigenvalue weighted by Gasteiger charge is 2.10. The normalized spacial score (nSPS) is 11.3. The van der Waals surface area contributed by atoms with Gasteiger partial charge in [0.25, 0.3) is 5.91 Å². The molecule has 128 valence electrons. The van der Waals surface area contributed by atoms with Crippen LogP contribution in [0.25, 0.3) is 11.0 Å². The van der Waals surface area contributed by atoms with Gasteiger partial charge >= 0.3 is 0 Å². The Morgan fingerprint density at radius 3 is 2.92 bits per heavy atom. The fourth-order valence-corrected chi connectivity index (χ4v) is 3.21. The highest BCUT2D eigenvalue weighted by Crippen LogP contribution is 2.22. The van der Waals surface area contributed by atoms with Gasteiger partial charge in [-0.2, -0.15) is 5.10 Å². The van der Waals surface area contributed by atoms with E-state index in [2.05, 4.69) is 15.5 Å². The zero-order valence-corrected chi connectivity index (χ0v) is 14.8. The van der Waals surface area contributed by atoms with Crippen molar-refractivity contribution in [1.82, 2.24) is 15.0 Å². The number of nitrogens with one attached hydrogen (secondary N) is 1. The van der Waals surface area contributed by atoms with Gasteiger partial charge in [-0.15, -0.1) is 0 Å². The van der Waals surface area contributed by atoms with Gasteiger partial charge < -0.3 is 4.57 Å². The topological polar surface area (TPSA) is 59.3 Å². The van der Waals surface area contributed by atoms with Crippen LogP contribution >= 0.6 is 23.4 Å². The van der Waals surface area contributed by atoms with Crippen LogP contribution in [0.3, 0.4) is 0 Å². The first-order valence-electron chi connectivity index (χ1n) is 7.36. The van der Waals surface area contributed by atoms with Crippen LogP contribution in [-0.2, 0) is 11.8 Å². The van der Waals surface area contributed by atoms with E-state index < -0.39 is 5.82 Å².